The van der Waals surface area contributed by atoms with Gasteiger partial charge in [-0.3, -0.25) is 15.0 Å². The lowest BCUT2D eigenvalue weighted by molar-refractivity contribution is 0.794. The minimum atomic E-state index is -0.362. The summed E-state index contributed by atoms with van der Waals surface area (Å²) in [4.78, 5) is 14.1. The van der Waals surface area contributed by atoms with Gasteiger partial charge in [-0.15, -0.1) is 0 Å². The maximum atomic E-state index is 4.83. The van der Waals surface area contributed by atoms with Crippen LogP contribution < -0.4 is 0 Å². The molecule has 0 aliphatic heterocycles. The van der Waals surface area contributed by atoms with Crippen LogP contribution in [-0.2, 0) is 5.41 Å². The average molecular weight is 586 g/mol. The van der Waals surface area contributed by atoms with Crippen LogP contribution in [0, 0.1) is 6.92 Å². The van der Waals surface area contributed by atoms with Gasteiger partial charge >= 0.3 is 0 Å². The molecule has 6 aromatic carbocycles. The van der Waals surface area contributed by atoms with Gasteiger partial charge in [-0.1, -0.05) is 97.1 Å². The van der Waals surface area contributed by atoms with Gasteiger partial charge in [0, 0.05) is 29.5 Å². The number of pyridine rings is 1. The van der Waals surface area contributed by atoms with Crippen LogP contribution in [0.25, 0.3) is 66.4 Å². The summed E-state index contributed by atoms with van der Waals surface area (Å²) in [5.41, 5.74) is 18.8. The summed E-state index contributed by atoms with van der Waals surface area (Å²) in [5, 5.41) is 1.02. The summed E-state index contributed by atoms with van der Waals surface area (Å²) in [6.45, 7) is 2.18. The molecule has 0 fully saturated rings. The third-order valence-electron chi connectivity index (χ3n) is 10.0. The third-order valence-corrected chi connectivity index (χ3v) is 10.0. The second-order valence-corrected chi connectivity index (χ2v) is 12.5. The summed E-state index contributed by atoms with van der Waals surface area (Å²) >= 11 is 0. The van der Waals surface area contributed by atoms with E-state index in [1.54, 1.807) is 12.4 Å². The Morgan fingerprint density at radius 2 is 1.02 bits per heavy atom. The van der Waals surface area contributed by atoms with Gasteiger partial charge in [0.25, 0.3) is 0 Å². The highest BCUT2D eigenvalue weighted by molar-refractivity contribution is 6.09. The Morgan fingerprint density at radius 3 is 1.74 bits per heavy atom. The van der Waals surface area contributed by atoms with E-state index in [1.165, 1.54) is 61.2 Å². The van der Waals surface area contributed by atoms with Crippen molar-refractivity contribution in [1.82, 2.24) is 15.0 Å². The van der Waals surface area contributed by atoms with Crippen LogP contribution in [0.1, 0.15) is 27.8 Å². The molecule has 0 saturated heterocycles. The molecule has 0 radical (unpaired) electrons. The average Bonchev–Trinajstić information content (AvgIpc) is 3.58. The molecular formula is C43H27N3. The van der Waals surface area contributed by atoms with Crippen LogP contribution >= 0.6 is 0 Å². The Labute approximate surface area is 266 Å². The van der Waals surface area contributed by atoms with Crippen molar-refractivity contribution >= 4 is 21.9 Å². The fraction of sp³-hybridized carbons (Fsp3) is 0.0465. The Hall–Kier alpha value is -5.93. The minimum Gasteiger partial charge on any atom is -0.256 e. The number of benzene rings is 6. The molecule has 214 valence electrons. The normalized spacial score (nSPS) is 13.5. The van der Waals surface area contributed by atoms with Gasteiger partial charge in [0.15, 0.2) is 0 Å². The van der Waals surface area contributed by atoms with E-state index in [4.69, 9.17) is 4.98 Å². The summed E-state index contributed by atoms with van der Waals surface area (Å²) in [6.07, 6.45) is 5.37. The van der Waals surface area contributed by atoms with E-state index in [9.17, 15) is 0 Å². The van der Waals surface area contributed by atoms with Crippen LogP contribution in [-0.4, -0.2) is 15.0 Å². The second-order valence-electron chi connectivity index (χ2n) is 12.5. The standard InChI is InChI=1S/C43H27N3/c1-26-21-28(23-29(22-26)35-25-40-42(46-20-19-44-40)34-12-8-18-45-41(34)35)27-16-17-33-32-11-4-7-15-38(32)43(39(33)24-27)36-13-5-2-9-30(36)31-10-3-6-14-37(31)43/h2-25H,1H3. The molecule has 3 heteroatoms. The fourth-order valence-corrected chi connectivity index (χ4v) is 8.28. The maximum Gasteiger partial charge on any atom is 0.0981 e. The fourth-order valence-electron chi connectivity index (χ4n) is 8.28. The lowest BCUT2D eigenvalue weighted by Gasteiger charge is -2.30. The van der Waals surface area contributed by atoms with E-state index in [2.05, 4.69) is 138 Å². The van der Waals surface area contributed by atoms with Crippen molar-refractivity contribution in [1.29, 1.82) is 0 Å². The molecule has 2 aromatic heterocycles. The van der Waals surface area contributed by atoms with E-state index in [1.807, 2.05) is 12.3 Å². The van der Waals surface area contributed by atoms with Crippen molar-refractivity contribution in [3.05, 3.63) is 174 Å². The largest absolute Gasteiger partial charge is 0.256 e. The molecule has 0 N–H and O–H groups in total. The Bertz CT molecular complexity index is 2500. The van der Waals surface area contributed by atoms with E-state index in [-0.39, 0.29) is 5.41 Å². The van der Waals surface area contributed by atoms with Crippen molar-refractivity contribution in [3.8, 4) is 44.5 Å². The predicted molar refractivity (Wildman–Crippen MR) is 187 cm³/mol. The molecule has 46 heavy (non-hydrogen) atoms. The Morgan fingerprint density at radius 1 is 0.413 bits per heavy atom. The molecule has 1 spiro atoms. The molecule has 0 atom stereocenters. The first-order valence-corrected chi connectivity index (χ1v) is 15.8. The number of aromatic nitrogens is 3. The highest BCUT2D eigenvalue weighted by Gasteiger charge is 2.51. The Kier molecular flexibility index (Phi) is 5.13. The van der Waals surface area contributed by atoms with Crippen LogP contribution in [0.3, 0.4) is 0 Å². The number of nitrogens with zero attached hydrogens (tertiary/aromatic N) is 3. The monoisotopic (exact) mass is 585 g/mol. The molecule has 0 bridgehead atoms. The SMILES string of the molecule is Cc1cc(-c2ccc3c(c2)C2(c4ccccc4-c4ccccc42)c2ccccc2-3)cc(-c2cc3nccnc3c3cccnc23)c1. The van der Waals surface area contributed by atoms with E-state index < -0.39 is 0 Å². The first kappa shape index (κ1) is 25.4. The van der Waals surface area contributed by atoms with E-state index in [0.717, 1.165) is 33.1 Å². The van der Waals surface area contributed by atoms with Gasteiger partial charge in [-0.25, -0.2) is 0 Å². The topological polar surface area (TPSA) is 38.7 Å². The van der Waals surface area contributed by atoms with Crippen molar-refractivity contribution in [2.75, 3.05) is 0 Å². The van der Waals surface area contributed by atoms with Gasteiger partial charge in [0.2, 0.25) is 0 Å². The number of hydrogen-bond donors (Lipinski definition) is 0. The lowest BCUT2D eigenvalue weighted by Crippen LogP contribution is -2.25. The summed E-state index contributed by atoms with van der Waals surface area (Å²) < 4.78 is 0. The summed E-state index contributed by atoms with van der Waals surface area (Å²) in [5.74, 6) is 0. The zero-order valence-corrected chi connectivity index (χ0v) is 25.2. The highest BCUT2D eigenvalue weighted by atomic mass is 14.8. The van der Waals surface area contributed by atoms with Gasteiger partial charge in [0.05, 0.1) is 22.0 Å². The molecule has 10 rings (SSSR count). The number of hydrogen-bond acceptors (Lipinski definition) is 3. The molecule has 2 aliphatic rings. The second kappa shape index (κ2) is 9.29. The van der Waals surface area contributed by atoms with E-state index in [0.29, 0.717) is 0 Å². The van der Waals surface area contributed by atoms with Crippen molar-refractivity contribution in [3.63, 3.8) is 0 Å². The molecule has 0 unspecified atom stereocenters. The molecule has 2 aliphatic carbocycles. The zero-order chi connectivity index (χ0) is 30.4. The zero-order valence-electron chi connectivity index (χ0n) is 25.2. The van der Waals surface area contributed by atoms with Crippen molar-refractivity contribution in [2.45, 2.75) is 12.3 Å². The molecule has 0 saturated carbocycles. The molecule has 3 nitrogen and oxygen atoms in total. The van der Waals surface area contributed by atoms with Crippen LogP contribution in [0.2, 0.25) is 0 Å². The quantitative estimate of drug-likeness (QED) is 0.190. The molecule has 8 aromatic rings. The third kappa shape index (κ3) is 3.29. The summed E-state index contributed by atoms with van der Waals surface area (Å²) in [6, 6.07) is 47.1. The summed E-state index contributed by atoms with van der Waals surface area (Å²) in [7, 11) is 0. The maximum absolute atomic E-state index is 4.83. The highest BCUT2D eigenvalue weighted by Crippen LogP contribution is 2.63. The van der Waals surface area contributed by atoms with Crippen LogP contribution in [0.15, 0.2) is 146 Å². The predicted octanol–water partition coefficient (Wildman–Crippen LogP) is 10.2. The first-order chi connectivity index (χ1) is 22.7. The van der Waals surface area contributed by atoms with Gasteiger partial charge < -0.3 is 0 Å². The van der Waals surface area contributed by atoms with Crippen molar-refractivity contribution in [2.24, 2.45) is 0 Å². The number of aryl methyl sites for hydroxylation is 1. The van der Waals surface area contributed by atoms with E-state index >= 15 is 0 Å². The molecule has 0 amide bonds. The van der Waals surface area contributed by atoms with Gasteiger partial charge in [-0.05, 0) is 104 Å². The number of fused-ring (bicyclic) bond motifs is 13. The first-order valence-electron chi connectivity index (χ1n) is 15.8. The minimum absolute atomic E-state index is 0.362. The lowest BCUT2D eigenvalue weighted by atomic mass is 9.70. The Balaban J connectivity index is 1.22. The van der Waals surface area contributed by atoms with Crippen LogP contribution in [0.5, 0.6) is 0 Å². The molecular weight excluding hydrogens is 558 g/mol. The van der Waals surface area contributed by atoms with Gasteiger partial charge in [0.1, 0.15) is 0 Å². The molecule has 2 heterocycles. The van der Waals surface area contributed by atoms with Gasteiger partial charge in [-0.2, -0.15) is 0 Å². The van der Waals surface area contributed by atoms with Crippen molar-refractivity contribution < 1.29 is 0 Å². The number of rotatable bonds is 2. The smallest absolute Gasteiger partial charge is 0.0981 e. The van der Waals surface area contributed by atoms with Crippen LogP contribution in [0.4, 0.5) is 0 Å².